The van der Waals surface area contributed by atoms with Gasteiger partial charge in [-0.15, -0.1) is 11.3 Å². The van der Waals surface area contributed by atoms with Crippen LogP contribution in [0.15, 0.2) is 15.2 Å². The highest BCUT2D eigenvalue weighted by atomic mass is 127. The molecule has 0 radical (unpaired) electrons. The fourth-order valence-corrected chi connectivity index (χ4v) is 2.06. The maximum absolute atomic E-state index is 3.40. The second kappa shape index (κ2) is 4.65. The van der Waals surface area contributed by atoms with Gasteiger partial charge in [-0.1, -0.05) is 5.92 Å². The number of halogens is 2. The van der Waals surface area contributed by atoms with Crippen molar-refractivity contribution in [2.75, 3.05) is 0 Å². The summed E-state index contributed by atoms with van der Waals surface area (Å²) in [7, 11) is 1.50. The summed E-state index contributed by atoms with van der Waals surface area (Å²) in [6, 6.07) is 2.01. The number of thiophene rings is 1. The molecular formula is C6H2BrIS2. The van der Waals surface area contributed by atoms with Crippen LogP contribution in [0, 0.1) is 11.2 Å². The lowest BCUT2D eigenvalue weighted by molar-refractivity contribution is 1.82. The Labute approximate surface area is 88.5 Å². The third kappa shape index (κ3) is 2.46. The molecule has 0 aliphatic rings. The number of rotatable bonds is 0. The van der Waals surface area contributed by atoms with Gasteiger partial charge in [0.2, 0.25) is 0 Å². The largest absolute Gasteiger partial charge is 0.135 e. The van der Waals surface area contributed by atoms with Gasteiger partial charge in [0.15, 0.2) is 0 Å². The summed E-state index contributed by atoms with van der Waals surface area (Å²) in [6.45, 7) is 0. The molecule has 0 aliphatic carbocycles. The van der Waals surface area contributed by atoms with Gasteiger partial charge in [0.25, 0.3) is 0 Å². The van der Waals surface area contributed by atoms with Crippen LogP contribution in [0.2, 0.25) is 0 Å². The standard InChI is InChI=1S/C6H2BrIS2/c7-6-5(1-3-9-6)2-4-10-8/h1,3H. The Morgan fingerprint density at radius 1 is 1.70 bits per heavy atom. The molecule has 0 spiro atoms. The first-order valence-corrected chi connectivity index (χ1v) is 7.39. The zero-order chi connectivity index (χ0) is 7.40. The smallest absolute Gasteiger partial charge is 0.0854 e. The quantitative estimate of drug-likeness (QED) is 0.508. The Balaban J connectivity index is 2.84. The molecule has 0 atom stereocenters. The number of hydrogen-bond acceptors (Lipinski definition) is 2. The predicted molar refractivity (Wildman–Crippen MR) is 60.5 cm³/mol. The van der Waals surface area contributed by atoms with E-state index >= 15 is 0 Å². The zero-order valence-corrected chi connectivity index (χ0v) is 10.1. The Hall–Kier alpha value is 0.820. The van der Waals surface area contributed by atoms with Crippen LogP contribution in [-0.4, -0.2) is 0 Å². The summed E-state index contributed by atoms with van der Waals surface area (Å²) in [5.41, 5.74) is 1.08. The summed E-state index contributed by atoms with van der Waals surface area (Å²) in [5, 5.41) is 4.94. The molecule has 0 aromatic carbocycles. The van der Waals surface area contributed by atoms with E-state index in [1.54, 1.807) is 11.3 Å². The van der Waals surface area contributed by atoms with Gasteiger partial charge in [0, 0.05) is 21.2 Å². The molecule has 0 fully saturated rings. The molecule has 10 heavy (non-hydrogen) atoms. The van der Waals surface area contributed by atoms with Crippen LogP contribution >= 0.6 is 57.4 Å². The topological polar surface area (TPSA) is 0 Å². The Morgan fingerprint density at radius 3 is 3.00 bits per heavy atom. The third-order valence-electron chi connectivity index (χ3n) is 0.842. The third-order valence-corrected chi connectivity index (χ3v) is 3.37. The van der Waals surface area contributed by atoms with Crippen LogP contribution in [-0.2, 0) is 0 Å². The van der Waals surface area contributed by atoms with Crippen LogP contribution in [0.3, 0.4) is 0 Å². The lowest BCUT2D eigenvalue weighted by Crippen LogP contribution is -1.62. The molecule has 0 amide bonds. The second-order valence-electron chi connectivity index (χ2n) is 1.41. The van der Waals surface area contributed by atoms with Crippen molar-refractivity contribution < 1.29 is 0 Å². The Kier molecular flexibility index (Phi) is 4.14. The first-order valence-electron chi connectivity index (χ1n) is 2.36. The van der Waals surface area contributed by atoms with Crippen LogP contribution < -0.4 is 0 Å². The molecule has 52 valence electrons. The van der Waals surface area contributed by atoms with Gasteiger partial charge in [0.1, 0.15) is 0 Å². The molecule has 0 saturated carbocycles. The molecule has 0 saturated heterocycles. The highest BCUT2D eigenvalue weighted by molar-refractivity contribution is 14.2. The fourth-order valence-electron chi connectivity index (χ4n) is 0.456. The van der Waals surface area contributed by atoms with E-state index in [0.29, 0.717) is 0 Å². The average molecular weight is 345 g/mol. The van der Waals surface area contributed by atoms with Gasteiger partial charge in [-0.2, -0.15) is 0 Å². The Bertz CT molecular complexity index is 271. The minimum atomic E-state index is 1.08. The van der Waals surface area contributed by atoms with Gasteiger partial charge < -0.3 is 0 Å². The van der Waals surface area contributed by atoms with Crippen LogP contribution in [0.1, 0.15) is 5.56 Å². The fraction of sp³-hybridized carbons (Fsp3) is 0. The molecule has 0 aliphatic heterocycles. The maximum Gasteiger partial charge on any atom is 0.0854 e. The number of hydrogen-bond donors (Lipinski definition) is 0. The van der Waals surface area contributed by atoms with E-state index < -0.39 is 0 Å². The molecule has 0 bridgehead atoms. The minimum absolute atomic E-state index is 1.08. The van der Waals surface area contributed by atoms with Gasteiger partial charge in [-0.25, -0.2) is 0 Å². The lowest BCUT2D eigenvalue weighted by Gasteiger charge is -1.79. The van der Waals surface area contributed by atoms with Gasteiger partial charge in [-0.05, 0) is 41.6 Å². The molecule has 0 N–H and O–H groups in total. The van der Waals surface area contributed by atoms with Crippen LogP contribution in [0.25, 0.3) is 0 Å². The van der Waals surface area contributed by atoms with Crippen LogP contribution in [0.4, 0.5) is 0 Å². The molecule has 0 unspecified atom stereocenters. The van der Waals surface area contributed by atoms with E-state index in [4.69, 9.17) is 0 Å². The summed E-state index contributed by atoms with van der Waals surface area (Å²) < 4.78 is 1.12. The van der Waals surface area contributed by atoms with Gasteiger partial charge in [-0.3, -0.25) is 0 Å². The first kappa shape index (κ1) is 8.91. The van der Waals surface area contributed by atoms with Crippen molar-refractivity contribution in [3.63, 3.8) is 0 Å². The van der Waals surface area contributed by atoms with E-state index in [1.165, 1.54) is 8.93 Å². The van der Waals surface area contributed by atoms with Crippen molar-refractivity contribution in [2.45, 2.75) is 0 Å². The predicted octanol–water partition coefficient (Wildman–Crippen LogP) is 3.90. The maximum atomic E-state index is 3.40. The van der Waals surface area contributed by atoms with Crippen molar-refractivity contribution >= 4 is 57.4 Å². The van der Waals surface area contributed by atoms with E-state index in [9.17, 15) is 0 Å². The summed E-state index contributed by atoms with van der Waals surface area (Å²) in [4.78, 5) is 0. The molecular weight excluding hydrogens is 343 g/mol. The molecule has 0 nitrogen and oxygen atoms in total. The van der Waals surface area contributed by atoms with Crippen molar-refractivity contribution in [3.8, 4) is 11.2 Å². The lowest BCUT2D eigenvalue weighted by atomic mass is 10.4. The highest BCUT2D eigenvalue weighted by Gasteiger charge is 1.94. The highest BCUT2D eigenvalue weighted by Crippen LogP contribution is 2.22. The minimum Gasteiger partial charge on any atom is -0.135 e. The van der Waals surface area contributed by atoms with E-state index in [1.807, 2.05) is 11.4 Å². The van der Waals surface area contributed by atoms with Crippen molar-refractivity contribution in [2.24, 2.45) is 0 Å². The first-order chi connectivity index (χ1) is 4.84. The molecule has 1 aromatic heterocycles. The summed E-state index contributed by atoms with van der Waals surface area (Å²) in [5.74, 6) is 3.01. The zero-order valence-electron chi connectivity index (χ0n) is 4.73. The SMILES string of the molecule is Brc1sccc1C#CSI. The van der Waals surface area contributed by atoms with Gasteiger partial charge >= 0.3 is 0 Å². The molecule has 4 heteroatoms. The molecule has 1 rings (SSSR count). The van der Waals surface area contributed by atoms with Crippen molar-refractivity contribution in [1.29, 1.82) is 0 Å². The van der Waals surface area contributed by atoms with Crippen molar-refractivity contribution in [1.82, 2.24) is 0 Å². The van der Waals surface area contributed by atoms with Gasteiger partial charge in [0.05, 0.1) is 9.35 Å². The van der Waals surface area contributed by atoms with E-state index in [2.05, 4.69) is 48.3 Å². The molecule has 1 aromatic rings. The average Bonchev–Trinajstić information content (AvgIpc) is 2.31. The molecule has 1 heterocycles. The van der Waals surface area contributed by atoms with Crippen molar-refractivity contribution in [3.05, 3.63) is 20.8 Å². The summed E-state index contributed by atoms with van der Waals surface area (Å²) >= 11 is 7.21. The van der Waals surface area contributed by atoms with E-state index in [-0.39, 0.29) is 0 Å². The monoisotopic (exact) mass is 344 g/mol. The van der Waals surface area contributed by atoms with Crippen LogP contribution in [0.5, 0.6) is 0 Å². The van der Waals surface area contributed by atoms with E-state index in [0.717, 1.165) is 9.35 Å². The summed E-state index contributed by atoms with van der Waals surface area (Å²) in [6.07, 6.45) is 0. The Morgan fingerprint density at radius 2 is 2.50 bits per heavy atom. The second-order valence-corrected chi connectivity index (χ2v) is 5.33. The normalized spacial score (nSPS) is 8.60.